The van der Waals surface area contributed by atoms with Crippen LogP contribution in [0.1, 0.15) is 245 Å². The summed E-state index contributed by atoms with van der Waals surface area (Å²) in [5.74, 6) is -0.836. The lowest BCUT2D eigenvalue weighted by Gasteiger charge is -2.19. The van der Waals surface area contributed by atoms with Crippen LogP contribution in [0.3, 0.4) is 0 Å². The van der Waals surface area contributed by atoms with Gasteiger partial charge in [-0.2, -0.15) is 0 Å². The summed E-state index contributed by atoms with van der Waals surface area (Å²) in [6.07, 6.45) is 70.5. The average Bonchev–Trinajstić information content (AvgIpc) is 3.34. The number of phosphoric acid groups is 1. The van der Waals surface area contributed by atoms with Crippen molar-refractivity contribution >= 4 is 19.8 Å². The van der Waals surface area contributed by atoms with Gasteiger partial charge in [-0.1, -0.05) is 227 Å². The summed E-state index contributed by atoms with van der Waals surface area (Å²) in [5.41, 5.74) is 5.38. The average molecular weight is 986 g/mol. The lowest BCUT2D eigenvalue weighted by Crippen LogP contribution is -2.29. The summed E-state index contributed by atoms with van der Waals surface area (Å²) >= 11 is 0. The van der Waals surface area contributed by atoms with Crippen molar-refractivity contribution in [1.82, 2.24) is 0 Å². The number of esters is 2. The smallest absolute Gasteiger partial charge is 0.462 e. The number of phosphoric ester groups is 1. The fourth-order valence-electron chi connectivity index (χ4n) is 7.63. The zero-order valence-corrected chi connectivity index (χ0v) is 45.2. The predicted octanol–water partition coefficient (Wildman–Crippen LogP) is 17.5. The van der Waals surface area contributed by atoms with Gasteiger partial charge >= 0.3 is 19.8 Å². The van der Waals surface area contributed by atoms with Crippen LogP contribution < -0.4 is 5.73 Å². The van der Waals surface area contributed by atoms with Crippen LogP contribution in [0.2, 0.25) is 0 Å². The second-order valence-electron chi connectivity index (χ2n) is 18.4. The van der Waals surface area contributed by atoms with Gasteiger partial charge in [0, 0.05) is 19.4 Å². The van der Waals surface area contributed by atoms with Gasteiger partial charge in [-0.15, -0.1) is 0 Å². The van der Waals surface area contributed by atoms with E-state index in [1.807, 2.05) is 0 Å². The molecule has 398 valence electrons. The maximum Gasteiger partial charge on any atom is 0.472 e. The van der Waals surface area contributed by atoms with Crippen LogP contribution in [0, 0.1) is 0 Å². The second-order valence-corrected chi connectivity index (χ2v) is 19.9. The van der Waals surface area contributed by atoms with E-state index in [4.69, 9.17) is 24.3 Å². The molecular formula is C59H104NO8P. The Morgan fingerprint density at radius 3 is 1.19 bits per heavy atom. The number of ether oxygens (including phenoxy) is 2. The highest BCUT2D eigenvalue weighted by molar-refractivity contribution is 7.47. The fraction of sp³-hybridized carbons (Fsp3) is 0.729. The van der Waals surface area contributed by atoms with Gasteiger partial charge in [-0.05, 0) is 89.9 Å². The molecule has 0 heterocycles. The molecule has 0 aromatic carbocycles. The lowest BCUT2D eigenvalue weighted by atomic mass is 10.0. The topological polar surface area (TPSA) is 134 Å². The van der Waals surface area contributed by atoms with Crippen LogP contribution in [-0.2, 0) is 32.7 Å². The number of allylic oxidation sites excluding steroid dienone is 14. The minimum absolute atomic E-state index is 0.0486. The van der Waals surface area contributed by atoms with Crippen LogP contribution in [0.5, 0.6) is 0 Å². The maximum absolute atomic E-state index is 12.7. The molecule has 0 aliphatic heterocycles. The highest BCUT2D eigenvalue weighted by Gasteiger charge is 2.26. The molecule has 0 fully saturated rings. The summed E-state index contributed by atoms with van der Waals surface area (Å²) in [6.45, 7) is 3.62. The first-order valence-corrected chi connectivity index (χ1v) is 29.6. The number of unbranched alkanes of at least 4 members (excludes halogenated alkanes) is 25. The van der Waals surface area contributed by atoms with Crippen molar-refractivity contribution in [2.45, 2.75) is 251 Å². The molecule has 2 unspecified atom stereocenters. The van der Waals surface area contributed by atoms with Crippen molar-refractivity contribution < 1.29 is 37.6 Å². The molecule has 0 aliphatic carbocycles. The summed E-state index contributed by atoms with van der Waals surface area (Å²) in [7, 11) is -4.39. The first-order valence-electron chi connectivity index (χ1n) is 28.1. The zero-order valence-electron chi connectivity index (χ0n) is 44.3. The van der Waals surface area contributed by atoms with Crippen LogP contribution in [0.4, 0.5) is 0 Å². The van der Waals surface area contributed by atoms with Gasteiger partial charge in [0.1, 0.15) is 6.61 Å². The minimum atomic E-state index is -4.39. The van der Waals surface area contributed by atoms with Gasteiger partial charge < -0.3 is 20.1 Å². The van der Waals surface area contributed by atoms with E-state index in [-0.39, 0.29) is 38.6 Å². The summed E-state index contributed by atoms with van der Waals surface area (Å²) in [4.78, 5) is 35.2. The van der Waals surface area contributed by atoms with Gasteiger partial charge in [0.2, 0.25) is 0 Å². The van der Waals surface area contributed by atoms with Crippen molar-refractivity contribution in [3.63, 3.8) is 0 Å². The molecule has 3 N–H and O–H groups in total. The van der Waals surface area contributed by atoms with Gasteiger partial charge in [-0.3, -0.25) is 18.6 Å². The van der Waals surface area contributed by atoms with E-state index < -0.39 is 26.5 Å². The molecule has 0 rings (SSSR count). The highest BCUT2D eigenvalue weighted by Crippen LogP contribution is 2.43. The number of carbonyl (C=O) groups excluding carboxylic acids is 2. The molecular weight excluding hydrogens is 882 g/mol. The van der Waals surface area contributed by atoms with Gasteiger partial charge in [0.05, 0.1) is 13.2 Å². The monoisotopic (exact) mass is 986 g/mol. The Bertz CT molecular complexity index is 1400. The molecule has 0 aromatic rings. The largest absolute Gasteiger partial charge is 0.472 e. The summed E-state index contributed by atoms with van der Waals surface area (Å²) in [6, 6.07) is 0. The molecule has 2 atom stereocenters. The van der Waals surface area contributed by atoms with Crippen LogP contribution in [-0.4, -0.2) is 49.3 Å². The van der Waals surface area contributed by atoms with Crippen LogP contribution in [0.25, 0.3) is 0 Å². The Morgan fingerprint density at radius 2 is 0.797 bits per heavy atom. The quantitative estimate of drug-likeness (QED) is 0.0264. The van der Waals surface area contributed by atoms with Gasteiger partial charge in [0.25, 0.3) is 0 Å². The molecule has 0 spiro atoms. The molecule has 69 heavy (non-hydrogen) atoms. The molecule has 0 saturated carbocycles. The second kappa shape index (κ2) is 54.5. The van der Waals surface area contributed by atoms with Crippen LogP contribution in [0.15, 0.2) is 85.1 Å². The Hall–Kier alpha value is -2.81. The van der Waals surface area contributed by atoms with Gasteiger partial charge in [-0.25, -0.2) is 4.57 Å². The first kappa shape index (κ1) is 66.2. The summed E-state index contributed by atoms with van der Waals surface area (Å²) < 4.78 is 33.0. The Morgan fingerprint density at radius 1 is 0.449 bits per heavy atom. The van der Waals surface area contributed by atoms with Crippen molar-refractivity contribution in [2.75, 3.05) is 26.4 Å². The van der Waals surface area contributed by atoms with E-state index in [9.17, 15) is 19.0 Å². The van der Waals surface area contributed by atoms with Crippen molar-refractivity contribution in [3.8, 4) is 0 Å². The molecule has 0 bridgehead atoms. The van der Waals surface area contributed by atoms with E-state index in [1.54, 1.807) is 0 Å². The highest BCUT2D eigenvalue weighted by atomic mass is 31.2. The van der Waals surface area contributed by atoms with E-state index in [2.05, 4.69) is 98.9 Å². The Labute approximate surface area is 424 Å². The minimum Gasteiger partial charge on any atom is -0.462 e. The standard InChI is InChI=1S/C59H104NO8P/c1-3-5-7-9-11-13-15-17-19-21-23-25-27-28-30-32-34-36-38-40-42-44-46-48-50-52-59(62)68-57(56-67-69(63,64)66-54-53-60)55-65-58(61)51-49-47-45-43-41-39-37-35-33-31-29-26-24-22-20-18-16-14-12-10-8-6-4-2/h5,7,11,13,16-19,22-25,28,30,57H,3-4,6,8-10,12,14-15,20-21,26-27,29,31-56,60H2,1-2H3,(H,63,64)/b7-5-,13-11-,18-16-,19-17-,24-22-,25-23-,30-28-. The van der Waals surface area contributed by atoms with E-state index in [0.29, 0.717) is 6.42 Å². The number of nitrogens with two attached hydrogens (primary N) is 1. The number of hydrogen-bond donors (Lipinski definition) is 2. The number of rotatable bonds is 52. The zero-order chi connectivity index (χ0) is 50.2. The van der Waals surface area contributed by atoms with E-state index >= 15 is 0 Å². The SMILES string of the molecule is CC/C=C\C/C=C\C/C=C\C/C=C\C/C=C\CCCCCCCCCCCC(=O)OC(COC(=O)CCCCCCCCCCCCC/C=C\C/C=C\CCCCCCC)COP(=O)(O)OCCN. The number of carbonyl (C=O) groups is 2. The Kier molecular flexibility index (Phi) is 52.3. The third-order valence-electron chi connectivity index (χ3n) is 11.8. The third-order valence-corrected chi connectivity index (χ3v) is 12.7. The molecule has 0 amide bonds. The number of hydrogen-bond acceptors (Lipinski definition) is 8. The normalized spacial score (nSPS) is 13.7. The maximum atomic E-state index is 12.7. The van der Waals surface area contributed by atoms with E-state index in [1.165, 1.54) is 128 Å². The van der Waals surface area contributed by atoms with Crippen molar-refractivity contribution in [3.05, 3.63) is 85.1 Å². The lowest BCUT2D eigenvalue weighted by molar-refractivity contribution is -0.161. The molecule has 10 heteroatoms. The van der Waals surface area contributed by atoms with Crippen LogP contribution >= 0.6 is 7.82 Å². The molecule has 0 radical (unpaired) electrons. The molecule has 9 nitrogen and oxygen atoms in total. The first-order chi connectivity index (χ1) is 33.8. The van der Waals surface area contributed by atoms with Crippen molar-refractivity contribution in [1.29, 1.82) is 0 Å². The fourth-order valence-corrected chi connectivity index (χ4v) is 8.40. The Balaban J connectivity index is 4.03. The predicted molar refractivity (Wildman–Crippen MR) is 293 cm³/mol. The van der Waals surface area contributed by atoms with E-state index in [0.717, 1.165) is 83.5 Å². The molecule has 0 saturated heterocycles. The third kappa shape index (κ3) is 54.4. The van der Waals surface area contributed by atoms with Gasteiger partial charge in [0.15, 0.2) is 6.10 Å². The van der Waals surface area contributed by atoms with Crippen molar-refractivity contribution in [2.24, 2.45) is 5.73 Å². The molecule has 0 aliphatic rings. The molecule has 0 aromatic heterocycles. The summed E-state index contributed by atoms with van der Waals surface area (Å²) in [5, 5.41) is 0.